The fourth-order valence-corrected chi connectivity index (χ4v) is 4.50. The smallest absolute Gasteiger partial charge is 0.161 e. The van der Waals surface area contributed by atoms with E-state index in [1.165, 1.54) is 29.5 Å². The van der Waals surface area contributed by atoms with E-state index in [0.717, 1.165) is 31.0 Å². The van der Waals surface area contributed by atoms with Gasteiger partial charge in [0.25, 0.3) is 0 Å². The Bertz CT molecular complexity index is 762. The Labute approximate surface area is 156 Å². The minimum Gasteiger partial charge on any atom is -0.493 e. The molecule has 138 valence electrons. The van der Waals surface area contributed by atoms with Crippen LogP contribution < -0.4 is 9.47 Å². The molecular formula is C22H28N2O2. The average molecular weight is 352 g/mol. The molecule has 0 aliphatic carbocycles. The van der Waals surface area contributed by atoms with Gasteiger partial charge in [-0.25, -0.2) is 10.0 Å². The van der Waals surface area contributed by atoms with Crippen LogP contribution in [0.3, 0.4) is 0 Å². The fourth-order valence-electron chi connectivity index (χ4n) is 4.50. The maximum atomic E-state index is 5.61. The second kappa shape index (κ2) is 7.29. The number of ether oxygens (including phenoxy) is 2. The van der Waals surface area contributed by atoms with Crippen LogP contribution in [0.15, 0.2) is 42.5 Å². The highest BCUT2D eigenvalue weighted by Gasteiger charge is 2.36. The van der Waals surface area contributed by atoms with Gasteiger partial charge in [-0.1, -0.05) is 30.3 Å². The van der Waals surface area contributed by atoms with E-state index in [-0.39, 0.29) is 6.04 Å². The molecule has 0 amide bonds. The zero-order chi connectivity index (χ0) is 18.1. The van der Waals surface area contributed by atoms with Crippen molar-refractivity contribution in [2.75, 3.05) is 27.3 Å². The topological polar surface area (TPSA) is 24.9 Å². The Morgan fingerprint density at radius 2 is 1.65 bits per heavy atom. The molecule has 2 heterocycles. The fraction of sp³-hybridized carbons (Fsp3) is 0.455. The van der Waals surface area contributed by atoms with Crippen molar-refractivity contribution in [3.63, 3.8) is 0 Å². The molecule has 0 spiro atoms. The van der Waals surface area contributed by atoms with Gasteiger partial charge in [0.05, 0.1) is 20.3 Å². The predicted octanol–water partition coefficient (Wildman–Crippen LogP) is 4.05. The maximum Gasteiger partial charge on any atom is 0.161 e. The van der Waals surface area contributed by atoms with E-state index in [4.69, 9.17) is 9.47 Å². The molecule has 2 aliphatic heterocycles. The van der Waals surface area contributed by atoms with Crippen molar-refractivity contribution in [3.05, 3.63) is 59.2 Å². The lowest BCUT2D eigenvalue weighted by molar-refractivity contribution is -0.0613. The lowest BCUT2D eigenvalue weighted by atomic mass is 9.88. The third kappa shape index (κ3) is 2.97. The Kier molecular flexibility index (Phi) is 4.88. The van der Waals surface area contributed by atoms with Gasteiger partial charge in [0.1, 0.15) is 0 Å². The monoisotopic (exact) mass is 352 g/mol. The van der Waals surface area contributed by atoms with Gasteiger partial charge in [-0.05, 0) is 55.0 Å². The summed E-state index contributed by atoms with van der Waals surface area (Å²) in [5, 5.41) is 5.17. The largest absolute Gasteiger partial charge is 0.493 e. The highest BCUT2D eigenvalue weighted by atomic mass is 16.5. The van der Waals surface area contributed by atoms with Crippen molar-refractivity contribution in [2.24, 2.45) is 0 Å². The van der Waals surface area contributed by atoms with Gasteiger partial charge in [-0.15, -0.1) is 0 Å². The maximum absolute atomic E-state index is 5.61. The van der Waals surface area contributed by atoms with Crippen molar-refractivity contribution >= 4 is 0 Å². The third-order valence-corrected chi connectivity index (χ3v) is 5.81. The number of hydrogen-bond acceptors (Lipinski definition) is 4. The lowest BCUT2D eigenvalue weighted by Crippen LogP contribution is -2.49. The van der Waals surface area contributed by atoms with Crippen molar-refractivity contribution in [1.29, 1.82) is 0 Å². The van der Waals surface area contributed by atoms with Crippen LogP contribution in [0.4, 0.5) is 0 Å². The number of methoxy groups -OCH3 is 2. The SMILES string of the molecule is COc1cc2c(cc1OC)[C@@H](c1ccccc1)N(N1CCC[C@H]1C)CC2. The minimum atomic E-state index is 0.223. The Morgan fingerprint density at radius 3 is 2.31 bits per heavy atom. The van der Waals surface area contributed by atoms with Crippen LogP contribution in [0, 0.1) is 0 Å². The summed E-state index contributed by atoms with van der Waals surface area (Å²) in [6.45, 7) is 4.53. The van der Waals surface area contributed by atoms with Crippen LogP contribution >= 0.6 is 0 Å². The first-order valence-electron chi connectivity index (χ1n) is 9.56. The zero-order valence-corrected chi connectivity index (χ0v) is 15.9. The van der Waals surface area contributed by atoms with Crippen LogP contribution in [0.2, 0.25) is 0 Å². The summed E-state index contributed by atoms with van der Waals surface area (Å²) in [6, 6.07) is 16.0. The van der Waals surface area contributed by atoms with Crippen LogP contribution in [0.5, 0.6) is 11.5 Å². The first-order chi connectivity index (χ1) is 12.7. The van der Waals surface area contributed by atoms with Crippen molar-refractivity contribution in [1.82, 2.24) is 10.0 Å². The second-order valence-electron chi connectivity index (χ2n) is 7.29. The number of hydrogen-bond donors (Lipinski definition) is 0. The van der Waals surface area contributed by atoms with Gasteiger partial charge in [0.2, 0.25) is 0 Å². The number of hydrazine groups is 1. The van der Waals surface area contributed by atoms with Crippen molar-refractivity contribution in [3.8, 4) is 11.5 Å². The first-order valence-corrected chi connectivity index (χ1v) is 9.56. The standard InChI is InChI=1S/C22H28N2O2/c1-16-8-7-12-23(16)24-13-11-18-14-20(25-2)21(26-3)15-19(18)22(24)17-9-5-4-6-10-17/h4-6,9-10,14-16,22H,7-8,11-13H2,1-3H3/t16-,22-/m1/s1. The summed E-state index contributed by atoms with van der Waals surface area (Å²) < 4.78 is 11.1. The summed E-state index contributed by atoms with van der Waals surface area (Å²) in [5.41, 5.74) is 4.03. The van der Waals surface area contributed by atoms with E-state index in [1.54, 1.807) is 14.2 Å². The number of rotatable bonds is 4. The average Bonchev–Trinajstić information content (AvgIpc) is 3.12. The summed E-state index contributed by atoms with van der Waals surface area (Å²) in [4.78, 5) is 0. The molecule has 2 aliphatic rings. The first kappa shape index (κ1) is 17.4. The lowest BCUT2D eigenvalue weighted by Gasteiger charge is -2.44. The zero-order valence-electron chi connectivity index (χ0n) is 15.9. The molecule has 1 fully saturated rings. The van der Waals surface area contributed by atoms with E-state index in [1.807, 2.05) is 0 Å². The van der Waals surface area contributed by atoms with Gasteiger partial charge < -0.3 is 9.47 Å². The summed E-state index contributed by atoms with van der Waals surface area (Å²) in [5.74, 6) is 1.63. The Morgan fingerprint density at radius 1 is 0.923 bits per heavy atom. The van der Waals surface area contributed by atoms with Crippen molar-refractivity contribution < 1.29 is 9.47 Å². The third-order valence-electron chi connectivity index (χ3n) is 5.81. The molecule has 4 rings (SSSR count). The van der Waals surface area contributed by atoms with Crippen LogP contribution in [0.25, 0.3) is 0 Å². The van der Waals surface area contributed by atoms with E-state index in [9.17, 15) is 0 Å². The molecule has 26 heavy (non-hydrogen) atoms. The number of nitrogens with zero attached hydrogens (tertiary/aromatic N) is 2. The molecule has 0 aromatic heterocycles. The van der Waals surface area contributed by atoms with Crippen molar-refractivity contribution in [2.45, 2.75) is 38.3 Å². The van der Waals surface area contributed by atoms with E-state index in [0.29, 0.717) is 6.04 Å². The Balaban J connectivity index is 1.83. The molecule has 2 atom stereocenters. The molecule has 2 aromatic carbocycles. The summed E-state index contributed by atoms with van der Waals surface area (Å²) in [7, 11) is 3.42. The van der Waals surface area contributed by atoms with Gasteiger partial charge >= 0.3 is 0 Å². The predicted molar refractivity (Wildman–Crippen MR) is 104 cm³/mol. The molecule has 4 heteroatoms. The van der Waals surface area contributed by atoms with Crippen LogP contribution in [-0.2, 0) is 6.42 Å². The number of benzene rings is 2. The molecule has 2 aromatic rings. The molecule has 0 saturated carbocycles. The Hall–Kier alpha value is -2.04. The molecule has 0 unspecified atom stereocenters. The normalized spacial score (nSPS) is 23.7. The molecule has 1 saturated heterocycles. The van der Waals surface area contributed by atoms with E-state index >= 15 is 0 Å². The molecule has 4 nitrogen and oxygen atoms in total. The van der Waals surface area contributed by atoms with E-state index < -0.39 is 0 Å². The van der Waals surface area contributed by atoms with Gasteiger partial charge in [0, 0.05) is 19.1 Å². The minimum absolute atomic E-state index is 0.223. The van der Waals surface area contributed by atoms with Crippen LogP contribution in [0.1, 0.15) is 42.5 Å². The molecular weight excluding hydrogens is 324 g/mol. The summed E-state index contributed by atoms with van der Waals surface area (Å²) in [6.07, 6.45) is 3.58. The summed E-state index contributed by atoms with van der Waals surface area (Å²) >= 11 is 0. The highest BCUT2D eigenvalue weighted by molar-refractivity contribution is 5.51. The van der Waals surface area contributed by atoms with Gasteiger partial charge in [0.15, 0.2) is 11.5 Å². The number of fused-ring (bicyclic) bond motifs is 1. The molecule has 0 bridgehead atoms. The molecule has 0 radical (unpaired) electrons. The van der Waals surface area contributed by atoms with Crippen LogP contribution in [-0.4, -0.2) is 43.4 Å². The molecule has 0 N–H and O–H groups in total. The van der Waals surface area contributed by atoms with Gasteiger partial charge in [-0.2, -0.15) is 0 Å². The second-order valence-corrected chi connectivity index (χ2v) is 7.29. The highest BCUT2D eigenvalue weighted by Crippen LogP contribution is 2.42. The van der Waals surface area contributed by atoms with Gasteiger partial charge in [-0.3, -0.25) is 0 Å². The quantitative estimate of drug-likeness (QED) is 0.829. The van der Waals surface area contributed by atoms with E-state index in [2.05, 4.69) is 59.4 Å².